The van der Waals surface area contributed by atoms with Gasteiger partial charge in [0.1, 0.15) is 23.3 Å². The van der Waals surface area contributed by atoms with Gasteiger partial charge in [0, 0.05) is 18.5 Å². The number of benzene rings is 2. The minimum atomic E-state index is 0.375. The quantitative estimate of drug-likeness (QED) is 0.305. The van der Waals surface area contributed by atoms with E-state index in [1.807, 2.05) is 42.7 Å². The molecule has 4 aromatic rings. The van der Waals surface area contributed by atoms with E-state index >= 15 is 0 Å². The lowest BCUT2D eigenvalue weighted by atomic mass is 10.1. The predicted molar refractivity (Wildman–Crippen MR) is 125 cm³/mol. The van der Waals surface area contributed by atoms with Crippen molar-refractivity contribution in [3.05, 3.63) is 53.9 Å². The maximum absolute atomic E-state index is 9.91. The third-order valence-electron chi connectivity index (χ3n) is 4.93. The van der Waals surface area contributed by atoms with E-state index in [0.717, 1.165) is 22.4 Å². The SMILES string of the molecule is COc1ccc(-c2nc(SC)nc(NCCc3nc4ccccc4[nH]3)c2C#N)cc1OC. The summed E-state index contributed by atoms with van der Waals surface area (Å²) in [7, 11) is 3.16. The van der Waals surface area contributed by atoms with Gasteiger partial charge in [0.2, 0.25) is 0 Å². The minimum absolute atomic E-state index is 0.375. The summed E-state index contributed by atoms with van der Waals surface area (Å²) in [5.41, 5.74) is 3.60. The van der Waals surface area contributed by atoms with E-state index in [4.69, 9.17) is 9.47 Å². The van der Waals surface area contributed by atoms with Gasteiger partial charge in [0.25, 0.3) is 0 Å². The molecule has 0 atom stereocenters. The zero-order valence-electron chi connectivity index (χ0n) is 18.0. The van der Waals surface area contributed by atoms with Crippen molar-refractivity contribution in [1.29, 1.82) is 5.26 Å². The zero-order valence-corrected chi connectivity index (χ0v) is 18.8. The fourth-order valence-electron chi connectivity index (χ4n) is 3.38. The molecule has 9 heteroatoms. The number of rotatable bonds is 8. The van der Waals surface area contributed by atoms with Crippen molar-refractivity contribution >= 4 is 28.6 Å². The Morgan fingerprint density at radius 3 is 2.59 bits per heavy atom. The lowest BCUT2D eigenvalue weighted by Gasteiger charge is -2.13. The van der Waals surface area contributed by atoms with Gasteiger partial charge in [-0.3, -0.25) is 0 Å². The second-order valence-electron chi connectivity index (χ2n) is 6.84. The second kappa shape index (κ2) is 9.58. The highest BCUT2D eigenvalue weighted by atomic mass is 32.2. The average molecular weight is 447 g/mol. The smallest absolute Gasteiger partial charge is 0.189 e. The van der Waals surface area contributed by atoms with Gasteiger partial charge in [-0.1, -0.05) is 23.9 Å². The van der Waals surface area contributed by atoms with Crippen LogP contribution in [0.5, 0.6) is 11.5 Å². The molecule has 2 N–H and O–H groups in total. The third-order valence-corrected chi connectivity index (χ3v) is 5.48. The van der Waals surface area contributed by atoms with Crippen LogP contribution in [0.4, 0.5) is 5.82 Å². The summed E-state index contributed by atoms with van der Waals surface area (Å²) >= 11 is 1.42. The lowest BCUT2D eigenvalue weighted by molar-refractivity contribution is 0.355. The fraction of sp³-hybridized carbons (Fsp3) is 0.217. The number of aromatic amines is 1. The topological polar surface area (TPSA) is 109 Å². The molecule has 0 unspecified atom stereocenters. The molecule has 0 amide bonds. The Labute approximate surface area is 190 Å². The van der Waals surface area contributed by atoms with E-state index in [9.17, 15) is 5.26 Å². The number of para-hydroxylation sites is 2. The average Bonchev–Trinajstić information content (AvgIpc) is 3.25. The van der Waals surface area contributed by atoms with Crippen LogP contribution >= 0.6 is 11.8 Å². The normalized spacial score (nSPS) is 10.7. The van der Waals surface area contributed by atoms with E-state index < -0.39 is 0 Å². The summed E-state index contributed by atoms with van der Waals surface area (Å²) < 4.78 is 10.7. The van der Waals surface area contributed by atoms with Gasteiger partial charge in [-0.2, -0.15) is 5.26 Å². The summed E-state index contributed by atoms with van der Waals surface area (Å²) in [4.78, 5) is 17.0. The summed E-state index contributed by atoms with van der Waals surface area (Å²) in [6.45, 7) is 0.560. The maximum atomic E-state index is 9.91. The number of imidazole rings is 1. The molecule has 0 saturated carbocycles. The first-order chi connectivity index (χ1) is 15.7. The van der Waals surface area contributed by atoms with Crippen LogP contribution in [0.1, 0.15) is 11.4 Å². The molecule has 4 rings (SSSR count). The Bertz CT molecular complexity index is 1260. The van der Waals surface area contributed by atoms with Crippen LogP contribution in [-0.2, 0) is 6.42 Å². The first-order valence-electron chi connectivity index (χ1n) is 9.92. The minimum Gasteiger partial charge on any atom is -0.493 e. The summed E-state index contributed by atoms with van der Waals surface area (Å²) in [5.74, 6) is 2.54. The number of methoxy groups -OCH3 is 2. The van der Waals surface area contributed by atoms with Crippen LogP contribution in [0.25, 0.3) is 22.3 Å². The Balaban J connectivity index is 1.63. The molecule has 162 valence electrons. The van der Waals surface area contributed by atoms with Gasteiger partial charge in [0.15, 0.2) is 16.7 Å². The van der Waals surface area contributed by atoms with E-state index in [1.165, 1.54) is 11.8 Å². The molecular formula is C23H22N6O2S. The summed E-state index contributed by atoms with van der Waals surface area (Å²) in [5, 5.41) is 13.8. The van der Waals surface area contributed by atoms with Crippen LogP contribution < -0.4 is 14.8 Å². The molecule has 0 aliphatic carbocycles. The molecule has 2 aromatic heterocycles. The number of thioether (sulfide) groups is 1. The van der Waals surface area contributed by atoms with Gasteiger partial charge in [-0.05, 0) is 36.6 Å². The highest BCUT2D eigenvalue weighted by Crippen LogP contribution is 2.35. The number of anilines is 1. The second-order valence-corrected chi connectivity index (χ2v) is 7.61. The molecule has 2 aromatic carbocycles. The first-order valence-corrected chi connectivity index (χ1v) is 11.1. The number of nitrogens with one attached hydrogen (secondary N) is 2. The van der Waals surface area contributed by atoms with Crippen LogP contribution in [0.15, 0.2) is 47.6 Å². The Hall–Kier alpha value is -3.77. The maximum Gasteiger partial charge on any atom is 0.189 e. The van der Waals surface area contributed by atoms with Gasteiger partial charge >= 0.3 is 0 Å². The van der Waals surface area contributed by atoms with Gasteiger partial charge < -0.3 is 19.8 Å². The Morgan fingerprint density at radius 1 is 1.06 bits per heavy atom. The molecule has 0 aliphatic rings. The largest absolute Gasteiger partial charge is 0.493 e. The van der Waals surface area contributed by atoms with Crippen molar-refractivity contribution < 1.29 is 9.47 Å². The summed E-state index contributed by atoms with van der Waals surface area (Å²) in [6.07, 6.45) is 2.56. The van der Waals surface area contributed by atoms with Gasteiger partial charge in [-0.15, -0.1) is 0 Å². The van der Waals surface area contributed by atoms with Crippen molar-refractivity contribution in [1.82, 2.24) is 19.9 Å². The number of hydrogen-bond donors (Lipinski definition) is 2. The molecule has 0 spiro atoms. The number of nitriles is 1. The number of aromatic nitrogens is 4. The molecule has 2 heterocycles. The number of hydrogen-bond acceptors (Lipinski definition) is 8. The number of ether oxygens (including phenoxy) is 2. The van der Waals surface area contributed by atoms with Crippen molar-refractivity contribution in [3.63, 3.8) is 0 Å². The van der Waals surface area contributed by atoms with Gasteiger partial charge in [-0.25, -0.2) is 15.0 Å². The zero-order chi connectivity index (χ0) is 22.5. The van der Waals surface area contributed by atoms with Gasteiger partial charge in [0.05, 0.1) is 30.9 Å². The predicted octanol–water partition coefficient (Wildman–Crippen LogP) is 4.29. The number of H-pyrrole nitrogens is 1. The van der Waals surface area contributed by atoms with Crippen molar-refractivity contribution in [2.45, 2.75) is 11.6 Å². The van der Waals surface area contributed by atoms with Crippen molar-refractivity contribution in [3.8, 4) is 28.8 Å². The highest BCUT2D eigenvalue weighted by Gasteiger charge is 2.18. The van der Waals surface area contributed by atoms with E-state index in [0.29, 0.717) is 46.7 Å². The third kappa shape index (κ3) is 4.31. The van der Waals surface area contributed by atoms with E-state index in [-0.39, 0.29) is 0 Å². The molecule has 0 saturated heterocycles. The monoisotopic (exact) mass is 446 g/mol. The standard InChI is InChI=1S/C23H22N6O2S/c1-30-18-9-8-14(12-19(18)31-2)21-15(13-24)22(29-23(28-21)32-3)25-11-10-20-26-16-6-4-5-7-17(16)27-20/h4-9,12H,10-11H2,1-3H3,(H,26,27)(H,25,28,29). The molecular weight excluding hydrogens is 424 g/mol. The Morgan fingerprint density at radius 2 is 1.88 bits per heavy atom. The van der Waals surface area contributed by atoms with Crippen molar-refractivity contribution in [2.75, 3.05) is 32.3 Å². The highest BCUT2D eigenvalue weighted by molar-refractivity contribution is 7.98. The van der Waals surface area contributed by atoms with E-state index in [2.05, 4.69) is 31.3 Å². The fourth-order valence-corrected chi connectivity index (χ4v) is 3.75. The van der Waals surface area contributed by atoms with Crippen LogP contribution in [0.2, 0.25) is 0 Å². The first kappa shape index (κ1) is 21.5. The molecule has 0 fully saturated rings. The number of nitrogens with zero attached hydrogens (tertiary/aromatic N) is 4. The molecule has 32 heavy (non-hydrogen) atoms. The number of fused-ring (bicyclic) bond motifs is 1. The molecule has 0 aliphatic heterocycles. The molecule has 0 radical (unpaired) electrons. The van der Waals surface area contributed by atoms with Crippen molar-refractivity contribution in [2.24, 2.45) is 0 Å². The van der Waals surface area contributed by atoms with Crippen LogP contribution in [0, 0.1) is 11.3 Å². The Kier molecular flexibility index (Phi) is 6.42. The summed E-state index contributed by atoms with van der Waals surface area (Å²) in [6, 6.07) is 15.6. The van der Waals surface area contributed by atoms with E-state index in [1.54, 1.807) is 20.3 Å². The molecule has 8 nitrogen and oxygen atoms in total. The molecule has 0 bridgehead atoms. The lowest BCUT2D eigenvalue weighted by Crippen LogP contribution is -2.11. The van der Waals surface area contributed by atoms with Crippen LogP contribution in [-0.4, -0.2) is 47.0 Å². The van der Waals surface area contributed by atoms with Crippen LogP contribution in [0.3, 0.4) is 0 Å².